The van der Waals surface area contributed by atoms with E-state index < -0.39 is 39.0 Å². The van der Waals surface area contributed by atoms with Crippen LogP contribution in [0, 0.1) is 0 Å². The SMILES string of the molecule is CCCCCCCCCCCCCCCCOCCCOP(=O)(O)OC[C@H]1O[C@@H](n2cc(C(N)=S)c3c(N)ncnc32)[C@H](O)[C@H]1O. The fraction of sp³-hybridized carbons (Fsp3) is 0.774. The van der Waals surface area contributed by atoms with Crippen LogP contribution in [0.2, 0.25) is 0 Å². The van der Waals surface area contributed by atoms with Crippen molar-refractivity contribution in [3.05, 3.63) is 18.1 Å². The molecule has 3 heterocycles. The van der Waals surface area contributed by atoms with E-state index in [1.165, 1.54) is 94.1 Å². The van der Waals surface area contributed by atoms with Crippen molar-refractivity contribution in [2.24, 2.45) is 5.73 Å². The Hall–Kier alpha value is -1.74. The molecule has 0 aromatic carbocycles. The molecule has 7 N–H and O–H groups in total. The van der Waals surface area contributed by atoms with Crippen molar-refractivity contribution in [2.45, 2.75) is 128 Å². The van der Waals surface area contributed by atoms with Crippen LogP contribution in [-0.2, 0) is 23.1 Å². The molecule has 1 aliphatic heterocycles. The molecule has 13 nitrogen and oxygen atoms in total. The van der Waals surface area contributed by atoms with Crippen LogP contribution in [-0.4, -0.2) is 79.4 Å². The Balaban J connectivity index is 1.24. The van der Waals surface area contributed by atoms with Gasteiger partial charge in [-0.05, 0) is 12.8 Å². The third kappa shape index (κ3) is 12.4. The van der Waals surface area contributed by atoms with Crippen molar-refractivity contribution in [2.75, 3.05) is 32.2 Å². The Morgan fingerprint density at radius 2 is 1.50 bits per heavy atom. The van der Waals surface area contributed by atoms with Crippen molar-refractivity contribution in [1.29, 1.82) is 0 Å². The fourth-order valence-electron chi connectivity index (χ4n) is 5.63. The molecule has 1 unspecified atom stereocenters. The number of phosphoric acid groups is 1. The van der Waals surface area contributed by atoms with Crippen LogP contribution >= 0.6 is 20.0 Å². The quantitative estimate of drug-likeness (QED) is 0.0513. The van der Waals surface area contributed by atoms with Gasteiger partial charge in [0.15, 0.2) is 6.23 Å². The molecule has 2 aromatic heterocycles. The zero-order chi connectivity index (χ0) is 33.4. The third-order valence-corrected chi connectivity index (χ3v) is 9.45. The summed E-state index contributed by atoms with van der Waals surface area (Å²) in [6, 6.07) is 0. The van der Waals surface area contributed by atoms with Crippen LogP contribution in [0.15, 0.2) is 12.5 Å². The van der Waals surface area contributed by atoms with E-state index in [9.17, 15) is 19.7 Å². The molecule has 1 aliphatic rings. The molecule has 0 radical (unpaired) electrons. The van der Waals surface area contributed by atoms with Crippen LogP contribution in [0.4, 0.5) is 5.82 Å². The number of aliphatic hydroxyl groups excluding tert-OH is 2. The second-order valence-electron chi connectivity index (χ2n) is 12.0. The number of nitrogens with two attached hydrogens (primary N) is 2. The first kappa shape index (κ1) is 38.7. The van der Waals surface area contributed by atoms with Crippen molar-refractivity contribution >= 4 is 41.9 Å². The standard InChI is InChI=1S/C31H54N5O8PS/c1-2-3-4-5-6-7-8-9-10-11-12-13-14-15-17-41-18-16-19-42-45(39,40)43-21-24-26(37)27(38)31(44-24)36-20-23(29(33)46)25-28(32)34-22-35-30(25)36/h20,22,24,26-27,31,37-38H,2-19,21H2,1H3,(H2,33,46)(H,39,40)(H2,32,34,35)/t24-,26+,27-,31-/m1/s1. The number of phosphoric ester groups is 1. The highest BCUT2D eigenvalue weighted by atomic mass is 32.1. The minimum atomic E-state index is -4.44. The average molecular weight is 688 g/mol. The summed E-state index contributed by atoms with van der Waals surface area (Å²) >= 11 is 5.11. The molecular formula is C31H54N5O8PS. The van der Waals surface area contributed by atoms with E-state index >= 15 is 0 Å². The lowest BCUT2D eigenvalue weighted by Gasteiger charge is -2.18. The molecule has 0 saturated carbocycles. The molecule has 0 aliphatic carbocycles. The summed E-state index contributed by atoms with van der Waals surface area (Å²) in [5, 5.41) is 21.7. The topological polar surface area (TPSA) is 197 Å². The Bertz CT molecular complexity index is 1240. The number of rotatable bonds is 25. The predicted molar refractivity (Wildman–Crippen MR) is 181 cm³/mol. The summed E-state index contributed by atoms with van der Waals surface area (Å²) in [5.41, 5.74) is 12.5. The average Bonchev–Trinajstić information content (AvgIpc) is 3.55. The minimum absolute atomic E-state index is 0.0376. The van der Waals surface area contributed by atoms with Gasteiger partial charge in [-0.15, -0.1) is 0 Å². The van der Waals surface area contributed by atoms with Gasteiger partial charge in [0.05, 0.1) is 18.6 Å². The van der Waals surface area contributed by atoms with E-state index in [1.54, 1.807) is 0 Å². The van der Waals surface area contributed by atoms with Gasteiger partial charge in [0.2, 0.25) is 0 Å². The highest BCUT2D eigenvalue weighted by Gasteiger charge is 2.45. The van der Waals surface area contributed by atoms with Crippen molar-refractivity contribution < 1.29 is 38.2 Å². The lowest BCUT2D eigenvalue weighted by atomic mass is 10.0. The number of unbranched alkanes of at least 4 members (excludes halogenated alkanes) is 13. The predicted octanol–water partition coefficient (Wildman–Crippen LogP) is 5.29. The fourth-order valence-corrected chi connectivity index (χ4v) is 6.56. The number of ether oxygens (including phenoxy) is 2. The molecule has 5 atom stereocenters. The van der Waals surface area contributed by atoms with Gasteiger partial charge in [-0.1, -0.05) is 103 Å². The molecule has 15 heteroatoms. The maximum absolute atomic E-state index is 12.4. The maximum Gasteiger partial charge on any atom is 0.472 e. The summed E-state index contributed by atoms with van der Waals surface area (Å²) in [5.74, 6) is 0.137. The number of thiocarbonyl (C=S) groups is 1. The Kier molecular flexibility index (Phi) is 17.3. The van der Waals surface area contributed by atoms with Crippen LogP contribution in [0.5, 0.6) is 0 Å². The van der Waals surface area contributed by atoms with E-state index in [1.807, 2.05) is 0 Å². The van der Waals surface area contributed by atoms with Gasteiger partial charge in [-0.3, -0.25) is 9.05 Å². The van der Waals surface area contributed by atoms with Crippen molar-refractivity contribution in [1.82, 2.24) is 14.5 Å². The first-order valence-corrected chi connectivity index (χ1v) is 18.7. The maximum atomic E-state index is 12.4. The first-order chi connectivity index (χ1) is 22.2. The first-order valence-electron chi connectivity index (χ1n) is 16.8. The molecule has 3 rings (SSSR count). The van der Waals surface area contributed by atoms with Gasteiger partial charge < -0.3 is 40.6 Å². The molecule has 0 spiro atoms. The Labute approximate surface area is 278 Å². The number of fused-ring (bicyclic) bond motifs is 1. The van der Waals surface area contributed by atoms with Gasteiger partial charge in [-0.25, -0.2) is 14.5 Å². The number of hydrogen-bond donors (Lipinski definition) is 5. The van der Waals surface area contributed by atoms with E-state index in [4.69, 9.17) is 42.2 Å². The van der Waals surface area contributed by atoms with E-state index in [2.05, 4.69) is 16.9 Å². The zero-order valence-electron chi connectivity index (χ0n) is 27.1. The lowest BCUT2D eigenvalue weighted by molar-refractivity contribution is -0.0513. The summed E-state index contributed by atoms with van der Waals surface area (Å²) in [6.45, 7) is 2.77. The van der Waals surface area contributed by atoms with Crippen LogP contribution < -0.4 is 11.5 Å². The van der Waals surface area contributed by atoms with E-state index in [0.29, 0.717) is 30.6 Å². The molecule has 0 bridgehead atoms. The normalized spacial score (nSPS) is 21.2. The molecule has 1 saturated heterocycles. The number of anilines is 1. The second kappa shape index (κ2) is 20.6. The summed E-state index contributed by atoms with van der Waals surface area (Å²) in [4.78, 5) is 18.3. The summed E-state index contributed by atoms with van der Waals surface area (Å²) < 4.78 is 35.3. The van der Waals surface area contributed by atoms with Gasteiger partial charge in [0.1, 0.15) is 41.1 Å². The van der Waals surface area contributed by atoms with Crippen LogP contribution in [0.3, 0.4) is 0 Å². The molecular weight excluding hydrogens is 633 g/mol. The lowest BCUT2D eigenvalue weighted by Crippen LogP contribution is -2.33. The summed E-state index contributed by atoms with van der Waals surface area (Å²) in [7, 11) is -4.44. The molecule has 2 aromatic rings. The van der Waals surface area contributed by atoms with Crippen LogP contribution in [0.1, 0.15) is 115 Å². The van der Waals surface area contributed by atoms with Gasteiger partial charge in [0.25, 0.3) is 0 Å². The van der Waals surface area contributed by atoms with Crippen molar-refractivity contribution in [3.63, 3.8) is 0 Å². The third-order valence-electron chi connectivity index (χ3n) is 8.25. The highest BCUT2D eigenvalue weighted by Crippen LogP contribution is 2.44. The van der Waals surface area contributed by atoms with Gasteiger partial charge >= 0.3 is 7.82 Å². The molecule has 46 heavy (non-hydrogen) atoms. The Morgan fingerprint density at radius 1 is 0.913 bits per heavy atom. The minimum Gasteiger partial charge on any atom is -0.389 e. The monoisotopic (exact) mass is 687 g/mol. The number of aromatic nitrogens is 3. The Morgan fingerprint density at radius 3 is 2.11 bits per heavy atom. The smallest absolute Gasteiger partial charge is 0.389 e. The molecule has 262 valence electrons. The summed E-state index contributed by atoms with van der Waals surface area (Å²) in [6.07, 6.45) is 16.3. The van der Waals surface area contributed by atoms with E-state index in [0.717, 1.165) is 12.8 Å². The second-order valence-corrected chi connectivity index (χ2v) is 13.9. The van der Waals surface area contributed by atoms with Crippen LogP contribution in [0.25, 0.3) is 11.0 Å². The van der Waals surface area contributed by atoms with Gasteiger partial charge in [-0.2, -0.15) is 0 Å². The number of nitrogens with zero attached hydrogens (tertiary/aromatic N) is 3. The molecule has 1 fully saturated rings. The van der Waals surface area contributed by atoms with E-state index in [-0.39, 0.29) is 23.1 Å². The largest absolute Gasteiger partial charge is 0.472 e. The highest BCUT2D eigenvalue weighted by molar-refractivity contribution is 7.80. The number of nitrogen functional groups attached to an aromatic ring is 1. The van der Waals surface area contributed by atoms with Crippen molar-refractivity contribution in [3.8, 4) is 0 Å². The number of aliphatic hydroxyl groups is 2. The molecule has 0 amide bonds. The van der Waals surface area contributed by atoms with Gasteiger partial charge in [0, 0.05) is 25.0 Å². The zero-order valence-corrected chi connectivity index (χ0v) is 28.8. The number of hydrogen-bond acceptors (Lipinski definition) is 11.